The first-order chi connectivity index (χ1) is 7.92. The lowest BCUT2D eigenvalue weighted by Gasteiger charge is -2.22. The lowest BCUT2D eigenvalue weighted by atomic mass is 10.1. The average Bonchev–Trinajstić information content (AvgIpc) is 2.88. The summed E-state index contributed by atoms with van der Waals surface area (Å²) in [4.78, 5) is 5.54. The van der Waals surface area contributed by atoms with Crippen LogP contribution in [0.3, 0.4) is 0 Å². The highest BCUT2D eigenvalue weighted by atomic mass is 32.1. The zero-order valence-electron chi connectivity index (χ0n) is 9.06. The monoisotopic (exact) mass is 237 g/mol. The summed E-state index contributed by atoms with van der Waals surface area (Å²) in [6, 6.07) is 0. The molecule has 2 aromatic heterocycles. The van der Waals surface area contributed by atoms with E-state index in [4.69, 9.17) is 4.74 Å². The second kappa shape index (κ2) is 4.53. The molecule has 4 nitrogen and oxygen atoms in total. The molecule has 3 rings (SSSR count). The van der Waals surface area contributed by atoms with Crippen molar-refractivity contribution in [3.8, 4) is 0 Å². The SMILES string of the molecule is c1cn2cc(COC3CCNCC3)nc2s1. The third-order valence-electron chi connectivity index (χ3n) is 2.90. The Hall–Kier alpha value is -0.910. The molecule has 1 N–H and O–H groups in total. The Morgan fingerprint density at radius 1 is 1.50 bits per heavy atom. The molecule has 0 radical (unpaired) electrons. The lowest BCUT2D eigenvalue weighted by Crippen LogP contribution is -2.32. The summed E-state index contributed by atoms with van der Waals surface area (Å²) in [5.41, 5.74) is 1.03. The molecule has 1 fully saturated rings. The predicted octanol–water partition coefficient (Wildman–Crippen LogP) is 1.66. The van der Waals surface area contributed by atoms with Crippen LogP contribution >= 0.6 is 11.3 Å². The molecule has 0 aliphatic carbocycles. The van der Waals surface area contributed by atoms with E-state index in [9.17, 15) is 0 Å². The molecule has 1 aliphatic rings. The van der Waals surface area contributed by atoms with Crippen LogP contribution in [0.5, 0.6) is 0 Å². The Morgan fingerprint density at radius 3 is 3.19 bits per heavy atom. The van der Waals surface area contributed by atoms with Gasteiger partial charge in [-0.1, -0.05) is 0 Å². The average molecular weight is 237 g/mol. The van der Waals surface area contributed by atoms with Gasteiger partial charge in [0.2, 0.25) is 0 Å². The Bertz CT molecular complexity index is 430. The van der Waals surface area contributed by atoms with Gasteiger partial charge in [0.15, 0.2) is 4.96 Å². The quantitative estimate of drug-likeness (QED) is 0.882. The van der Waals surface area contributed by atoms with Crippen LogP contribution in [0.1, 0.15) is 18.5 Å². The molecule has 86 valence electrons. The Balaban J connectivity index is 1.59. The molecule has 0 bridgehead atoms. The van der Waals surface area contributed by atoms with Crippen LogP contribution in [-0.4, -0.2) is 28.6 Å². The normalized spacial score (nSPS) is 18.2. The van der Waals surface area contributed by atoms with Crippen molar-refractivity contribution in [3.63, 3.8) is 0 Å². The third-order valence-corrected chi connectivity index (χ3v) is 3.67. The zero-order chi connectivity index (χ0) is 10.8. The van der Waals surface area contributed by atoms with Gasteiger partial charge in [-0.2, -0.15) is 0 Å². The van der Waals surface area contributed by atoms with E-state index < -0.39 is 0 Å². The van der Waals surface area contributed by atoms with Crippen LogP contribution in [0.2, 0.25) is 0 Å². The standard InChI is InChI=1S/C11H15N3OS/c1-3-12-4-2-10(1)15-8-9-7-14-5-6-16-11(14)13-9/h5-7,10,12H,1-4,8H2. The first-order valence-electron chi connectivity index (χ1n) is 5.65. The zero-order valence-corrected chi connectivity index (χ0v) is 9.87. The lowest BCUT2D eigenvalue weighted by molar-refractivity contribution is 0.0198. The summed E-state index contributed by atoms with van der Waals surface area (Å²) in [5, 5.41) is 5.37. The molecule has 5 heteroatoms. The highest BCUT2D eigenvalue weighted by Gasteiger charge is 2.13. The van der Waals surface area contributed by atoms with Crippen molar-refractivity contribution in [3.05, 3.63) is 23.5 Å². The summed E-state index contributed by atoms with van der Waals surface area (Å²) >= 11 is 1.66. The highest BCUT2D eigenvalue weighted by Crippen LogP contribution is 2.14. The molecule has 0 amide bonds. The molecule has 3 heterocycles. The predicted molar refractivity (Wildman–Crippen MR) is 63.7 cm³/mol. The van der Waals surface area contributed by atoms with E-state index in [1.165, 1.54) is 0 Å². The molecule has 0 unspecified atom stereocenters. The summed E-state index contributed by atoms with van der Waals surface area (Å²) in [6.45, 7) is 2.78. The van der Waals surface area contributed by atoms with Crippen LogP contribution < -0.4 is 5.32 Å². The number of fused-ring (bicyclic) bond motifs is 1. The van der Waals surface area contributed by atoms with Crippen molar-refractivity contribution >= 4 is 16.3 Å². The number of nitrogens with zero attached hydrogens (tertiary/aromatic N) is 2. The van der Waals surface area contributed by atoms with Crippen molar-refractivity contribution in [2.75, 3.05) is 13.1 Å². The van der Waals surface area contributed by atoms with E-state index in [2.05, 4.69) is 10.3 Å². The fourth-order valence-electron chi connectivity index (χ4n) is 2.01. The van der Waals surface area contributed by atoms with Crippen LogP contribution in [0.4, 0.5) is 0 Å². The van der Waals surface area contributed by atoms with Crippen LogP contribution in [-0.2, 0) is 11.3 Å². The van der Waals surface area contributed by atoms with Gasteiger partial charge in [-0.25, -0.2) is 4.98 Å². The number of hydrogen-bond donors (Lipinski definition) is 1. The van der Waals surface area contributed by atoms with Gasteiger partial charge in [0, 0.05) is 17.8 Å². The maximum atomic E-state index is 5.86. The third kappa shape index (κ3) is 2.11. The second-order valence-electron chi connectivity index (χ2n) is 4.09. The Kier molecular flexibility index (Phi) is 2.90. The van der Waals surface area contributed by atoms with E-state index in [-0.39, 0.29) is 0 Å². The number of nitrogens with one attached hydrogen (secondary N) is 1. The summed E-state index contributed by atoms with van der Waals surface area (Å²) in [6.07, 6.45) is 6.71. The number of piperidine rings is 1. The topological polar surface area (TPSA) is 38.6 Å². The van der Waals surface area contributed by atoms with E-state index in [0.717, 1.165) is 36.6 Å². The fourth-order valence-corrected chi connectivity index (χ4v) is 2.73. The molecule has 1 saturated heterocycles. The second-order valence-corrected chi connectivity index (χ2v) is 4.96. The van der Waals surface area contributed by atoms with Crippen LogP contribution in [0, 0.1) is 0 Å². The number of aromatic nitrogens is 2. The van der Waals surface area contributed by atoms with Crippen molar-refractivity contribution in [1.82, 2.24) is 14.7 Å². The van der Waals surface area contributed by atoms with Gasteiger partial charge in [-0.3, -0.25) is 4.40 Å². The number of rotatable bonds is 3. The van der Waals surface area contributed by atoms with Gasteiger partial charge in [-0.05, 0) is 25.9 Å². The fraction of sp³-hybridized carbons (Fsp3) is 0.545. The summed E-state index contributed by atoms with van der Waals surface area (Å²) in [7, 11) is 0. The maximum absolute atomic E-state index is 5.86. The maximum Gasteiger partial charge on any atom is 0.193 e. The summed E-state index contributed by atoms with van der Waals surface area (Å²) in [5.74, 6) is 0. The molecule has 16 heavy (non-hydrogen) atoms. The van der Waals surface area contributed by atoms with Gasteiger partial charge in [0.05, 0.1) is 18.4 Å². The smallest absolute Gasteiger partial charge is 0.193 e. The molecule has 0 atom stereocenters. The first-order valence-corrected chi connectivity index (χ1v) is 6.53. The molecule has 1 aliphatic heterocycles. The largest absolute Gasteiger partial charge is 0.372 e. The van der Waals surface area contributed by atoms with Gasteiger partial charge < -0.3 is 10.1 Å². The minimum atomic E-state index is 0.404. The van der Waals surface area contributed by atoms with E-state index in [1.807, 2.05) is 22.2 Å². The van der Waals surface area contributed by atoms with E-state index in [0.29, 0.717) is 12.7 Å². The molecule has 0 spiro atoms. The number of ether oxygens (including phenoxy) is 1. The van der Waals surface area contributed by atoms with Gasteiger partial charge in [0.1, 0.15) is 0 Å². The minimum Gasteiger partial charge on any atom is -0.372 e. The van der Waals surface area contributed by atoms with Gasteiger partial charge in [-0.15, -0.1) is 11.3 Å². The molecule has 0 saturated carbocycles. The molecular weight excluding hydrogens is 222 g/mol. The van der Waals surface area contributed by atoms with E-state index in [1.54, 1.807) is 11.3 Å². The number of imidazole rings is 1. The van der Waals surface area contributed by atoms with Gasteiger partial charge >= 0.3 is 0 Å². The van der Waals surface area contributed by atoms with Crippen molar-refractivity contribution in [1.29, 1.82) is 0 Å². The van der Waals surface area contributed by atoms with Crippen LogP contribution in [0.25, 0.3) is 4.96 Å². The molecule has 0 aromatic carbocycles. The number of hydrogen-bond acceptors (Lipinski definition) is 4. The Morgan fingerprint density at radius 2 is 2.38 bits per heavy atom. The summed E-state index contributed by atoms with van der Waals surface area (Å²) < 4.78 is 7.90. The van der Waals surface area contributed by atoms with Crippen molar-refractivity contribution < 1.29 is 4.74 Å². The Labute approximate surface area is 98.3 Å². The van der Waals surface area contributed by atoms with Crippen molar-refractivity contribution in [2.45, 2.75) is 25.6 Å². The number of thiazole rings is 1. The minimum absolute atomic E-state index is 0.404. The van der Waals surface area contributed by atoms with Gasteiger partial charge in [0.25, 0.3) is 0 Å². The molecular formula is C11H15N3OS. The first kappa shape index (κ1) is 10.3. The van der Waals surface area contributed by atoms with Crippen molar-refractivity contribution in [2.24, 2.45) is 0 Å². The van der Waals surface area contributed by atoms with E-state index >= 15 is 0 Å². The highest BCUT2D eigenvalue weighted by molar-refractivity contribution is 7.15. The molecule has 2 aromatic rings. The van der Waals surface area contributed by atoms with Crippen LogP contribution in [0.15, 0.2) is 17.8 Å².